The highest BCUT2D eigenvalue weighted by Gasteiger charge is 2.11. The quantitative estimate of drug-likeness (QED) is 0.610. The van der Waals surface area contributed by atoms with Gasteiger partial charge in [0.25, 0.3) is 0 Å². The zero-order chi connectivity index (χ0) is 7.98. The summed E-state index contributed by atoms with van der Waals surface area (Å²) in [6.45, 7) is 3.79. The standard InChI is InChI=1S/C8H14O2/c1-3-5-6-7(4-2)8(9)10/h3,5,7H,4,6H2,1-2H3,(H,9,10)/b5-3+. The van der Waals surface area contributed by atoms with Gasteiger partial charge in [0, 0.05) is 0 Å². The smallest absolute Gasteiger partial charge is 0.306 e. The molecule has 1 unspecified atom stereocenters. The van der Waals surface area contributed by atoms with E-state index in [0.717, 1.165) is 0 Å². The number of hydrogen-bond acceptors (Lipinski definition) is 1. The Balaban J connectivity index is 3.71. The van der Waals surface area contributed by atoms with Gasteiger partial charge in [-0.25, -0.2) is 0 Å². The average Bonchev–Trinajstić information content (AvgIpc) is 1.89. The van der Waals surface area contributed by atoms with Crippen LogP contribution in [-0.2, 0) is 4.79 Å². The molecule has 0 saturated carbocycles. The van der Waals surface area contributed by atoms with E-state index in [-0.39, 0.29) is 5.92 Å². The summed E-state index contributed by atoms with van der Waals surface area (Å²) >= 11 is 0. The Morgan fingerprint density at radius 3 is 2.60 bits per heavy atom. The Kier molecular flexibility index (Phi) is 4.63. The van der Waals surface area contributed by atoms with Crippen LogP contribution in [0, 0.1) is 5.92 Å². The highest BCUT2D eigenvalue weighted by molar-refractivity contribution is 5.70. The van der Waals surface area contributed by atoms with E-state index in [4.69, 9.17) is 5.11 Å². The second kappa shape index (κ2) is 5.03. The van der Waals surface area contributed by atoms with Crippen LogP contribution >= 0.6 is 0 Å². The van der Waals surface area contributed by atoms with Crippen molar-refractivity contribution in [2.45, 2.75) is 26.7 Å². The lowest BCUT2D eigenvalue weighted by Crippen LogP contribution is -2.10. The summed E-state index contributed by atoms with van der Waals surface area (Å²) in [5.41, 5.74) is 0. The van der Waals surface area contributed by atoms with Crippen LogP contribution in [0.5, 0.6) is 0 Å². The summed E-state index contributed by atoms with van der Waals surface area (Å²) in [6.07, 6.45) is 5.13. The molecule has 0 heterocycles. The minimum atomic E-state index is -0.694. The van der Waals surface area contributed by atoms with E-state index in [0.29, 0.717) is 12.8 Å². The van der Waals surface area contributed by atoms with Crippen LogP contribution in [-0.4, -0.2) is 11.1 Å². The number of carboxylic acid groups (broad SMARTS) is 1. The second-order valence-corrected chi connectivity index (χ2v) is 2.25. The molecule has 1 atom stereocenters. The largest absolute Gasteiger partial charge is 0.481 e. The Hall–Kier alpha value is -0.790. The minimum Gasteiger partial charge on any atom is -0.481 e. The first kappa shape index (κ1) is 9.21. The molecule has 0 amide bonds. The number of allylic oxidation sites excluding steroid dienone is 2. The molecule has 0 aromatic carbocycles. The van der Waals surface area contributed by atoms with Gasteiger partial charge >= 0.3 is 5.97 Å². The van der Waals surface area contributed by atoms with Crippen molar-refractivity contribution in [2.75, 3.05) is 0 Å². The number of carboxylic acids is 1. The highest BCUT2D eigenvalue weighted by atomic mass is 16.4. The topological polar surface area (TPSA) is 37.3 Å². The molecule has 0 aromatic heterocycles. The Morgan fingerprint density at radius 2 is 2.30 bits per heavy atom. The third kappa shape index (κ3) is 3.28. The number of hydrogen-bond donors (Lipinski definition) is 1. The molecule has 0 radical (unpaired) electrons. The van der Waals surface area contributed by atoms with Crippen molar-refractivity contribution in [1.29, 1.82) is 0 Å². The Labute approximate surface area is 61.6 Å². The second-order valence-electron chi connectivity index (χ2n) is 2.25. The number of carbonyl (C=O) groups is 1. The lowest BCUT2D eigenvalue weighted by atomic mass is 10.0. The molecule has 0 bridgehead atoms. The molecule has 0 aromatic rings. The molecule has 1 N–H and O–H groups in total. The molecule has 2 heteroatoms. The normalized spacial score (nSPS) is 13.8. The lowest BCUT2D eigenvalue weighted by Gasteiger charge is -2.04. The zero-order valence-electron chi connectivity index (χ0n) is 6.50. The van der Waals surface area contributed by atoms with Crippen LogP contribution in [0.1, 0.15) is 26.7 Å². The van der Waals surface area contributed by atoms with Gasteiger partial charge in [0.15, 0.2) is 0 Å². The highest BCUT2D eigenvalue weighted by Crippen LogP contribution is 2.08. The fourth-order valence-electron chi connectivity index (χ4n) is 0.742. The van der Waals surface area contributed by atoms with Crippen LogP contribution in [0.2, 0.25) is 0 Å². The first-order valence-electron chi connectivity index (χ1n) is 3.56. The van der Waals surface area contributed by atoms with Gasteiger partial charge in [0.05, 0.1) is 5.92 Å². The van der Waals surface area contributed by atoms with Crippen molar-refractivity contribution in [2.24, 2.45) is 5.92 Å². The minimum absolute atomic E-state index is 0.198. The Bertz CT molecular complexity index is 127. The van der Waals surface area contributed by atoms with Crippen molar-refractivity contribution >= 4 is 5.97 Å². The zero-order valence-corrected chi connectivity index (χ0v) is 6.50. The van der Waals surface area contributed by atoms with Crippen molar-refractivity contribution in [3.05, 3.63) is 12.2 Å². The monoisotopic (exact) mass is 142 g/mol. The van der Waals surface area contributed by atoms with Crippen LogP contribution in [0.4, 0.5) is 0 Å². The van der Waals surface area contributed by atoms with Crippen LogP contribution in [0.25, 0.3) is 0 Å². The molecule has 0 spiro atoms. The van der Waals surface area contributed by atoms with E-state index in [1.807, 2.05) is 26.0 Å². The first-order valence-corrected chi connectivity index (χ1v) is 3.56. The molecule has 0 saturated heterocycles. The van der Waals surface area contributed by atoms with E-state index in [1.165, 1.54) is 0 Å². The summed E-state index contributed by atoms with van der Waals surface area (Å²) in [7, 11) is 0. The molecule has 0 rings (SSSR count). The summed E-state index contributed by atoms with van der Waals surface area (Å²) in [5.74, 6) is -0.892. The van der Waals surface area contributed by atoms with Crippen molar-refractivity contribution in [3.63, 3.8) is 0 Å². The SMILES string of the molecule is C/C=C/CC(CC)C(=O)O. The van der Waals surface area contributed by atoms with Crippen LogP contribution in [0.15, 0.2) is 12.2 Å². The van der Waals surface area contributed by atoms with Crippen molar-refractivity contribution in [3.8, 4) is 0 Å². The predicted octanol–water partition coefficient (Wildman–Crippen LogP) is 2.06. The van der Waals surface area contributed by atoms with Crippen LogP contribution in [0.3, 0.4) is 0 Å². The lowest BCUT2D eigenvalue weighted by molar-refractivity contribution is -0.141. The van der Waals surface area contributed by atoms with Gasteiger partial charge in [-0.1, -0.05) is 19.1 Å². The molecular weight excluding hydrogens is 128 g/mol. The van der Waals surface area contributed by atoms with Crippen LogP contribution < -0.4 is 0 Å². The third-order valence-electron chi connectivity index (χ3n) is 1.50. The predicted molar refractivity (Wildman–Crippen MR) is 40.8 cm³/mol. The van der Waals surface area contributed by atoms with Gasteiger partial charge < -0.3 is 5.11 Å². The average molecular weight is 142 g/mol. The summed E-state index contributed by atoms with van der Waals surface area (Å²) < 4.78 is 0. The molecule has 0 fully saturated rings. The molecule has 0 aliphatic rings. The number of rotatable bonds is 4. The van der Waals surface area contributed by atoms with E-state index in [1.54, 1.807) is 0 Å². The van der Waals surface area contributed by atoms with Gasteiger partial charge in [-0.2, -0.15) is 0 Å². The Morgan fingerprint density at radius 1 is 1.70 bits per heavy atom. The summed E-state index contributed by atoms with van der Waals surface area (Å²) in [5, 5.41) is 8.57. The third-order valence-corrected chi connectivity index (χ3v) is 1.50. The summed E-state index contributed by atoms with van der Waals surface area (Å²) in [4.78, 5) is 10.4. The fraction of sp³-hybridized carbons (Fsp3) is 0.625. The van der Waals surface area contributed by atoms with Gasteiger partial charge in [-0.15, -0.1) is 0 Å². The van der Waals surface area contributed by atoms with Crippen molar-refractivity contribution < 1.29 is 9.90 Å². The van der Waals surface area contributed by atoms with E-state index >= 15 is 0 Å². The van der Waals surface area contributed by atoms with E-state index in [9.17, 15) is 4.79 Å². The van der Waals surface area contributed by atoms with Gasteiger partial charge in [0.1, 0.15) is 0 Å². The number of aliphatic carboxylic acids is 1. The van der Waals surface area contributed by atoms with E-state index in [2.05, 4.69) is 0 Å². The van der Waals surface area contributed by atoms with E-state index < -0.39 is 5.97 Å². The maximum absolute atomic E-state index is 10.4. The molecule has 10 heavy (non-hydrogen) atoms. The maximum atomic E-state index is 10.4. The molecule has 2 nitrogen and oxygen atoms in total. The molecule has 58 valence electrons. The molecule has 0 aliphatic carbocycles. The van der Waals surface area contributed by atoms with Gasteiger partial charge in [0.2, 0.25) is 0 Å². The fourth-order valence-corrected chi connectivity index (χ4v) is 0.742. The first-order chi connectivity index (χ1) is 4.72. The molecule has 0 aliphatic heterocycles. The van der Waals surface area contributed by atoms with Gasteiger partial charge in [-0.3, -0.25) is 4.79 Å². The maximum Gasteiger partial charge on any atom is 0.306 e. The molecular formula is C8H14O2. The van der Waals surface area contributed by atoms with Crippen molar-refractivity contribution in [1.82, 2.24) is 0 Å². The van der Waals surface area contributed by atoms with Gasteiger partial charge in [-0.05, 0) is 19.8 Å². The summed E-state index contributed by atoms with van der Waals surface area (Å²) in [6, 6.07) is 0.